The summed E-state index contributed by atoms with van der Waals surface area (Å²) in [5.74, 6) is 0.968. The Balaban J connectivity index is 5.21. The lowest BCUT2D eigenvalue weighted by Crippen LogP contribution is -2.30. The summed E-state index contributed by atoms with van der Waals surface area (Å²) >= 11 is 0. The normalized spacial score (nSPS) is 14.0. The van der Waals surface area contributed by atoms with Crippen LogP contribution in [0.4, 0.5) is 0 Å². The number of hydrogen-bond acceptors (Lipinski definition) is 15. The molecule has 5 atom stereocenters. The van der Waals surface area contributed by atoms with Gasteiger partial charge in [-0.15, -0.1) is 0 Å². The van der Waals surface area contributed by atoms with Gasteiger partial charge in [-0.1, -0.05) is 376 Å². The molecule has 0 rings (SSSR count). The lowest BCUT2D eigenvalue weighted by molar-refractivity contribution is -0.161. The minimum atomic E-state index is -4.96. The molecule has 3 unspecified atom stereocenters. The van der Waals surface area contributed by atoms with Crippen LogP contribution < -0.4 is 0 Å². The van der Waals surface area contributed by atoms with Gasteiger partial charge in [0.2, 0.25) is 0 Å². The number of aliphatic hydroxyl groups is 1. The fourth-order valence-corrected chi connectivity index (χ4v) is 14.4. The average molecular weight is 1490 g/mol. The van der Waals surface area contributed by atoms with Crippen LogP contribution in [-0.4, -0.2) is 96.7 Å². The van der Waals surface area contributed by atoms with Crippen molar-refractivity contribution in [1.82, 2.24) is 0 Å². The first-order valence-corrected chi connectivity index (χ1v) is 45.7. The van der Waals surface area contributed by atoms with Gasteiger partial charge in [0, 0.05) is 25.7 Å². The highest BCUT2D eigenvalue weighted by Gasteiger charge is 2.30. The van der Waals surface area contributed by atoms with E-state index in [1.165, 1.54) is 225 Å². The Morgan fingerprint density at radius 1 is 0.245 bits per heavy atom. The second kappa shape index (κ2) is 72.0. The molecule has 0 bridgehead atoms. The van der Waals surface area contributed by atoms with Gasteiger partial charge < -0.3 is 33.8 Å². The summed E-state index contributed by atoms with van der Waals surface area (Å²) in [4.78, 5) is 73.1. The smallest absolute Gasteiger partial charge is 0.462 e. The third-order valence-corrected chi connectivity index (χ3v) is 21.2. The highest BCUT2D eigenvalue weighted by atomic mass is 31.2. The first kappa shape index (κ1) is 100. The van der Waals surface area contributed by atoms with Crippen molar-refractivity contribution in [1.29, 1.82) is 0 Å². The van der Waals surface area contributed by atoms with Crippen LogP contribution in [0.5, 0.6) is 0 Å². The van der Waals surface area contributed by atoms with Crippen LogP contribution in [0.25, 0.3) is 0 Å². The molecular formula is C83H162O17P2. The highest BCUT2D eigenvalue weighted by Crippen LogP contribution is 2.45. The second-order valence-electron chi connectivity index (χ2n) is 31.8. The predicted molar refractivity (Wildman–Crippen MR) is 418 cm³/mol. The van der Waals surface area contributed by atoms with Gasteiger partial charge in [0.25, 0.3) is 0 Å². The number of esters is 4. The summed E-state index contributed by atoms with van der Waals surface area (Å²) in [5.41, 5.74) is 0. The lowest BCUT2D eigenvalue weighted by atomic mass is 10.0. The average Bonchev–Trinajstić information content (AvgIpc) is 0.913. The minimum Gasteiger partial charge on any atom is -0.462 e. The van der Waals surface area contributed by atoms with Crippen molar-refractivity contribution in [3.63, 3.8) is 0 Å². The molecule has 606 valence electrons. The third-order valence-electron chi connectivity index (χ3n) is 19.3. The monoisotopic (exact) mass is 1490 g/mol. The number of phosphoric ester groups is 2. The number of phosphoric acid groups is 2. The van der Waals surface area contributed by atoms with E-state index in [1.54, 1.807) is 0 Å². The highest BCUT2D eigenvalue weighted by molar-refractivity contribution is 7.47. The maximum Gasteiger partial charge on any atom is 0.472 e. The van der Waals surface area contributed by atoms with Crippen molar-refractivity contribution in [2.75, 3.05) is 39.6 Å². The number of unbranched alkanes of at least 4 members (excludes halogenated alkanes) is 46. The Labute approximate surface area is 626 Å². The molecule has 0 aromatic rings. The molecule has 0 fully saturated rings. The zero-order valence-electron chi connectivity index (χ0n) is 67.2. The molecule has 0 heterocycles. The molecule has 0 saturated heterocycles. The topological polar surface area (TPSA) is 237 Å². The van der Waals surface area contributed by atoms with Crippen LogP contribution in [0.1, 0.15) is 428 Å². The van der Waals surface area contributed by atoms with E-state index in [9.17, 15) is 43.2 Å². The predicted octanol–water partition coefficient (Wildman–Crippen LogP) is 24.8. The van der Waals surface area contributed by atoms with Crippen LogP contribution in [0, 0.1) is 23.7 Å². The lowest BCUT2D eigenvalue weighted by Gasteiger charge is -2.21. The standard InChI is InChI=1S/C83H162O17P2/c1-73(2)59-51-43-35-29-23-17-12-9-10-14-20-26-32-38-47-55-63-80(85)93-69-78(99-82(87)66-58-50-40-34-28-22-16-19-25-31-37-45-53-61-75(5)6)71-97-101(89,90)95-67-77(84)68-96-102(91,92)98-72-79(70-94-81(86)64-56-48-42-41-46-54-62-76(7)8)100-83(88)65-57-49-39-33-27-21-15-11-13-18-24-30-36-44-52-60-74(3)4/h73-79,84H,9-72H2,1-8H3,(H,89,90)(H,91,92)/t77?,78-,79-/m1/s1. The Morgan fingerprint density at radius 2 is 0.412 bits per heavy atom. The van der Waals surface area contributed by atoms with Gasteiger partial charge in [-0.25, -0.2) is 9.13 Å². The second-order valence-corrected chi connectivity index (χ2v) is 34.7. The first-order valence-electron chi connectivity index (χ1n) is 42.7. The Hall–Kier alpha value is -1.94. The molecule has 19 heteroatoms. The van der Waals surface area contributed by atoms with Crippen molar-refractivity contribution >= 4 is 39.5 Å². The van der Waals surface area contributed by atoms with Gasteiger partial charge in [-0.2, -0.15) is 0 Å². The molecule has 0 amide bonds. The molecule has 0 aromatic heterocycles. The summed E-state index contributed by atoms with van der Waals surface area (Å²) in [5, 5.41) is 10.7. The largest absolute Gasteiger partial charge is 0.472 e. The Morgan fingerprint density at radius 3 is 0.608 bits per heavy atom. The van der Waals surface area contributed by atoms with Crippen molar-refractivity contribution < 1.29 is 80.2 Å². The number of ether oxygens (including phenoxy) is 4. The Bertz CT molecular complexity index is 1990. The first-order chi connectivity index (χ1) is 49.1. The number of hydrogen-bond donors (Lipinski definition) is 3. The number of rotatable bonds is 80. The van der Waals surface area contributed by atoms with Crippen molar-refractivity contribution in [2.24, 2.45) is 23.7 Å². The molecule has 17 nitrogen and oxygen atoms in total. The maximum atomic E-state index is 13.1. The van der Waals surface area contributed by atoms with E-state index in [-0.39, 0.29) is 25.7 Å². The van der Waals surface area contributed by atoms with E-state index in [2.05, 4.69) is 55.4 Å². The molecular weight excluding hydrogens is 1330 g/mol. The van der Waals surface area contributed by atoms with E-state index < -0.39 is 97.5 Å². The molecule has 0 radical (unpaired) electrons. The van der Waals surface area contributed by atoms with Gasteiger partial charge in [0.1, 0.15) is 19.3 Å². The molecule has 0 spiro atoms. The molecule has 3 N–H and O–H groups in total. The van der Waals surface area contributed by atoms with Crippen LogP contribution in [0.15, 0.2) is 0 Å². The maximum absolute atomic E-state index is 13.1. The van der Waals surface area contributed by atoms with Gasteiger partial charge >= 0.3 is 39.5 Å². The zero-order chi connectivity index (χ0) is 75.3. The zero-order valence-corrected chi connectivity index (χ0v) is 69.0. The minimum absolute atomic E-state index is 0.106. The molecule has 0 aliphatic rings. The van der Waals surface area contributed by atoms with E-state index in [4.69, 9.17) is 37.0 Å². The summed E-state index contributed by atoms with van der Waals surface area (Å²) in [7, 11) is -9.92. The molecule has 0 aliphatic carbocycles. The van der Waals surface area contributed by atoms with E-state index in [0.717, 1.165) is 114 Å². The summed E-state index contributed by atoms with van der Waals surface area (Å²) < 4.78 is 68.8. The van der Waals surface area contributed by atoms with Crippen molar-refractivity contribution in [2.45, 2.75) is 446 Å². The van der Waals surface area contributed by atoms with Crippen LogP contribution in [0.3, 0.4) is 0 Å². The quantitative estimate of drug-likeness (QED) is 0.0222. The van der Waals surface area contributed by atoms with Crippen LogP contribution in [0.2, 0.25) is 0 Å². The molecule has 0 saturated carbocycles. The van der Waals surface area contributed by atoms with Crippen LogP contribution >= 0.6 is 15.6 Å². The summed E-state index contributed by atoms with van der Waals surface area (Å²) in [6, 6.07) is 0. The molecule has 0 aromatic carbocycles. The number of carbonyl (C=O) groups excluding carboxylic acids is 4. The third kappa shape index (κ3) is 76.3. The van der Waals surface area contributed by atoms with Gasteiger partial charge in [0.15, 0.2) is 12.2 Å². The number of carbonyl (C=O) groups is 4. The van der Waals surface area contributed by atoms with Gasteiger partial charge in [-0.05, 0) is 49.4 Å². The van der Waals surface area contributed by atoms with E-state index in [0.29, 0.717) is 31.6 Å². The Kier molecular flexibility index (Phi) is 70.6. The van der Waals surface area contributed by atoms with E-state index in [1.807, 2.05) is 0 Å². The SMILES string of the molecule is CC(C)CCCCCCCCCCCCCCCCCCC(=O)OC[C@H](COP(=O)(O)OCC(O)COP(=O)(O)OC[C@@H](COC(=O)CCCCCCCCC(C)C)OC(=O)CCCCCCCCCCCCCCCCCC(C)C)OC(=O)CCCCCCCCCCCCCCCC(C)C. The van der Waals surface area contributed by atoms with Crippen LogP contribution in [-0.2, 0) is 65.4 Å². The fraction of sp³-hybridized carbons (Fsp3) is 0.952. The number of aliphatic hydroxyl groups excluding tert-OH is 1. The summed E-state index contributed by atoms with van der Waals surface area (Å²) in [6.07, 6.45) is 59.8. The van der Waals surface area contributed by atoms with Gasteiger partial charge in [0.05, 0.1) is 26.4 Å². The van der Waals surface area contributed by atoms with Crippen molar-refractivity contribution in [3.8, 4) is 0 Å². The van der Waals surface area contributed by atoms with E-state index >= 15 is 0 Å². The molecule has 102 heavy (non-hydrogen) atoms. The summed E-state index contributed by atoms with van der Waals surface area (Å²) in [6.45, 7) is 14.3. The van der Waals surface area contributed by atoms with Crippen molar-refractivity contribution in [3.05, 3.63) is 0 Å². The fourth-order valence-electron chi connectivity index (χ4n) is 12.8. The molecule has 0 aliphatic heterocycles. The van der Waals surface area contributed by atoms with Gasteiger partial charge in [-0.3, -0.25) is 37.3 Å².